The Hall–Kier alpha value is -1.39. The smallest absolute Gasteiger partial charge is 0.0291 e. The van der Waals surface area contributed by atoms with Crippen molar-refractivity contribution in [3.63, 3.8) is 0 Å². The molecule has 90 valence electrons. The van der Waals surface area contributed by atoms with Gasteiger partial charge in [0, 0.05) is 5.66 Å². The SMILES string of the molecule is CC1=CCP(c2ccccc2)[C@H]1c1ccccc1. The second kappa shape index (κ2) is 5.08. The molecule has 0 spiro atoms. The molecular weight excluding hydrogens is 235 g/mol. The molecule has 1 heterocycles. The van der Waals surface area contributed by atoms with Crippen LogP contribution in [0.4, 0.5) is 0 Å². The standard InChI is InChI=1S/C17H17P/c1-14-12-13-18(16-10-6-3-7-11-16)17(14)15-8-4-2-5-9-15/h2-12,17H,13H2,1H3/t17-,18?/m1/s1. The second-order valence-electron chi connectivity index (χ2n) is 4.75. The highest BCUT2D eigenvalue weighted by molar-refractivity contribution is 7.66. The predicted octanol–water partition coefficient (Wildman–Crippen LogP) is 4.50. The van der Waals surface area contributed by atoms with E-state index >= 15 is 0 Å². The van der Waals surface area contributed by atoms with E-state index in [-0.39, 0.29) is 7.92 Å². The van der Waals surface area contributed by atoms with E-state index in [2.05, 4.69) is 73.7 Å². The maximum Gasteiger partial charge on any atom is 0.0291 e. The molecule has 0 nitrogen and oxygen atoms in total. The molecule has 0 radical (unpaired) electrons. The number of allylic oxidation sites excluding steroid dienone is 2. The highest BCUT2D eigenvalue weighted by atomic mass is 31.1. The number of hydrogen-bond donors (Lipinski definition) is 0. The molecule has 2 aromatic rings. The second-order valence-corrected chi connectivity index (χ2v) is 7.09. The van der Waals surface area contributed by atoms with E-state index in [9.17, 15) is 0 Å². The summed E-state index contributed by atoms with van der Waals surface area (Å²) in [6.45, 7) is 2.28. The summed E-state index contributed by atoms with van der Waals surface area (Å²) in [7, 11) is -0.112. The lowest BCUT2D eigenvalue weighted by atomic mass is 10.1. The Morgan fingerprint density at radius 1 is 0.889 bits per heavy atom. The molecule has 3 rings (SSSR count). The van der Waals surface area contributed by atoms with E-state index in [1.807, 2.05) is 0 Å². The third kappa shape index (κ3) is 2.13. The van der Waals surface area contributed by atoms with Crippen LogP contribution >= 0.6 is 7.92 Å². The van der Waals surface area contributed by atoms with Crippen LogP contribution < -0.4 is 5.30 Å². The lowest BCUT2D eigenvalue weighted by molar-refractivity contribution is 1.12. The summed E-state index contributed by atoms with van der Waals surface area (Å²) in [6, 6.07) is 21.9. The third-order valence-electron chi connectivity index (χ3n) is 3.56. The molecule has 0 saturated carbocycles. The summed E-state index contributed by atoms with van der Waals surface area (Å²) in [5.41, 5.74) is 3.62. The van der Waals surface area contributed by atoms with E-state index in [1.165, 1.54) is 22.6 Å². The minimum atomic E-state index is -0.112. The zero-order valence-electron chi connectivity index (χ0n) is 10.6. The van der Waals surface area contributed by atoms with Gasteiger partial charge in [0.25, 0.3) is 0 Å². The third-order valence-corrected chi connectivity index (χ3v) is 6.42. The monoisotopic (exact) mass is 252 g/mol. The molecule has 1 aliphatic rings. The van der Waals surface area contributed by atoms with Crippen molar-refractivity contribution in [2.75, 3.05) is 6.16 Å². The van der Waals surface area contributed by atoms with Gasteiger partial charge in [0.2, 0.25) is 0 Å². The minimum absolute atomic E-state index is 0.112. The van der Waals surface area contributed by atoms with Crippen molar-refractivity contribution in [3.05, 3.63) is 77.9 Å². The Bertz CT molecular complexity index is 542. The Morgan fingerprint density at radius 3 is 2.17 bits per heavy atom. The van der Waals surface area contributed by atoms with Crippen LogP contribution in [0.5, 0.6) is 0 Å². The molecule has 0 saturated heterocycles. The highest BCUT2D eigenvalue weighted by Gasteiger charge is 2.29. The fraction of sp³-hybridized carbons (Fsp3) is 0.176. The van der Waals surface area contributed by atoms with Crippen LogP contribution in [0.2, 0.25) is 0 Å². The molecule has 2 atom stereocenters. The lowest BCUT2D eigenvalue weighted by Crippen LogP contribution is -2.06. The average molecular weight is 252 g/mol. The topological polar surface area (TPSA) is 0 Å². The molecule has 0 aromatic heterocycles. The van der Waals surface area contributed by atoms with E-state index in [0.29, 0.717) is 5.66 Å². The van der Waals surface area contributed by atoms with Gasteiger partial charge in [-0.25, -0.2) is 0 Å². The Labute approximate surface area is 110 Å². The zero-order chi connectivity index (χ0) is 12.4. The first-order valence-corrected chi connectivity index (χ1v) is 7.99. The maximum atomic E-state index is 2.43. The molecule has 0 amide bonds. The van der Waals surface area contributed by atoms with E-state index in [0.717, 1.165) is 0 Å². The van der Waals surface area contributed by atoms with Crippen LogP contribution in [0.1, 0.15) is 18.1 Å². The number of rotatable bonds is 2. The minimum Gasteiger partial charge on any atom is -0.0800 e. The van der Waals surface area contributed by atoms with Crippen molar-refractivity contribution in [2.45, 2.75) is 12.6 Å². The van der Waals surface area contributed by atoms with Crippen molar-refractivity contribution in [1.29, 1.82) is 0 Å². The first-order chi connectivity index (χ1) is 8.86. The molecular formula is C17H17P. The predicted molar refractivity (Wildman–Crippen MR) is 80.8 cm³/mol. The molecule has 0 N–H and O–H groups in total. The summed E-state index contributed by atoms with van der Waals surface area (Å²) < 4.78 is 0. The van der Waals surface area contributed by atoms with E-state index in [1.54, 1.807) is 0 Å². The van der Waals surface area contributed by atoms with Gasteiger partial charge >= 0.3 is 0 Å². The summed E-state index contributed by atoms with van der Waals surface area (Å²) in [4.78, 5) is 0. The van der Waals surface area contributed by atoms with Crippen molar-refractivity contribution in [3.8, 4) is 0 Å². The van der Waals surface area contributed by atoms with Crippen molar-refractivity contribution < 1.29 is 0 Å². The van der Waals surface area contributed by atoms with Gasteiger partial charge in [-0.1, -0.05) is 80.2 Å². The summed E-state index contributed by atoms with van der Waals surface area (Å²) in [6.07, 6.45) is 3.65. The van der Waals surface area contributed by atoms with Gasteiger partial charge in [0.05, 0.1) is 0 Å². The summed E-state index contributed by atoms with van der Waals surface area (Å²) in [5.74, 6) is 0. The molecule has 1 aliphatic heterocycles. The van der Waals surface area contributed by atoms with Gasteiger partial charge in [0.1, 0.15) is 0 Å². The van der Waals surface area contributed by atoms with Crippen molar-refractivity contribution in [1.82, 2.24) is 0 Å². The van der Waals surface area contributed by atoms with Crippen LogP contribution in [-0.2, 0) is 0 Å². The average Bonchev–Trinajstić information content (AvgIpc) is 2.83. The fourth-order valence-electron chi connectivity index (χ4n) is 2.66. The van der Waals surface area contributed by atoms with Gasteiger partial charge < -0.3 is 0 Å². The quantitative estimate of drug-likeness (QED) is 0.545. The van der Waals surface area contributed by atoms with Gasteiger partial charge in [-0.2, -0.15) is 0 Å². The van der Waals surface area contributed by atoms with Crippen molar-refractivity contribution >= 4 is 13.2 Å². The fourth-order valence-corrected chi connectivity index (χ4v) is 5.55. The Morgan fingerprint density at radius 2 is 1.50 bits per heavy atom. The molecule has 1 heteroatoms. The van der Waals surface area contributed by atoms with Crippen LogP contribution in [0.3, 0.4) is 0 Å². The first kappa shape index (κ1) is 11.7. The molecule has 0 bridgehead atoms. The lowest BCUT2D eigenvalue weighted by Gasteiger charge is -2.23. The van der Waals surface area contributed by atoms with Crippen LogP contribution in [0.25, 0.3) is 0 Å². The molecule has 2 aromatic carbocycles. The van der Waals surface area contributed by atoms with E-state index in [4.69, 9.17) is 0 Å². The van der Waals surface area contributed by atoms with Gasteiger partial charge in [0.15, 0.2) is 0 Å². The number of benzene rings is 2. The van der Waals surface area contributed by atoms with Crippen LogP contribution in [0.15, 0.2) is 72.3 Å². The van der Waals surface area contributed by atoms with Crippen molar-refractivity contribution in [2.24, 2.45) is 0 Å². The largest absolute Gasteiger partial charge is 0.0800 e. The Kier molecular flexibility index (Phi) is 3.30. The van der Waals surface area contributed by atoms with Crippen LogP contribution in [-0.4, -0.2) is 6.16 Å². The van der Waals surface area contributed by atoms with Gasteiger partial charge in [-0.3, -0.25) is 0 Å². The van der Waals surface area contributed by atoms with E-state index < -0.39 is 0 Å². The number of hydrogen-bond acceptors (Lipinski definition) is 0. The van der Waals surface area contributed by atoms with Gasteiger partial charge in [-0.15, -0.1) is 0 Å². The Balaban J connectivity index is 1.98. The van der Waals surface area contributed by atoms with Gasteiger partial charge in [-0.05, 0) is 24.0 Å². The normalized spacial score (nSPS) is 22.8. The van der Waals surface area contributed by atoms with Crippen LogP contribution in [0, 0.1) is 0 Å². The molecule has 0 fully saturated rings. The molecule has 18 heavy (non-hydrogen) atoms. The molecule has 1 unspecified atom stereocenters. The highest BCUT2D eigenvalue weighted by Crippen LogP contribution is 2.58. The summed E-state index contributed by atoms with van der Waals surface area (Å²) >= 11 is 0. The maximum absolute atomic E-state index is 2.43. The molecule has 0 aliphatic carbocycles. The first-order valence-electron chi connectivity index (χ1n) is 6.39. The summed E-state index contributed by atoms with van der Waals surface area (Å²) in [5, 5.41) is 1.52. The zero-order valence-corrected chi connectivity index (χ0v) is 11.5.